The number of amides is 1. The normalized spacial score (nSPS) is 9.96. The van der Waals surface area contributed by atoms with Crippen LogP contribution in [-0.4, -0.2) is 24.5 Å². The highest BCUT2D eigenvalue weighted by Gasteiger charge is 2.21. The molecule has 0 spiro atoms. The Morgan fingerprint density at radius 3 is 1.88 bits per heavy atom. The average Bonchev–Trinajstić information content (AvgIpc) is 2.56. The minimum absolute atomic E-state index is 0.000290. The SMILES string of the molecule is CCOc1ccc(NC(=O)c2c(OC(C)=O)cccc2OC(C)=O)cc1. The van der Waals surface area contributed by atoms with Crippen LogP contribution in [0.3, 0.4) is 0 Å². The molecule has 2 rings (SSSR count). The Balaban J connectivity index is 2.32. The molecule has 7 nitrogen and oxygen atoms in total. The van der Waals surface area contributed by atoms with Gasteiger partial charge in [0.2, 0.25) is 0 Å². The van der Waals surface area contributed by atoms with E-state index in [9.17, 15) is 14.4 Å². The van der Waals surface area contributed by atoms with Crippen molar-refractivity contribution in [2.24, 2.45) is 0 Å². The van der Waals surface area contributed by atoms with Crippen molar-refractivity contribution in [3.05, 3.63) is 48.0 Å². The number of nitrogens with one attached hydrogen (secondary N) is 1. The Hall–Kier alpha value is -3.35. The second-order valence-corrected chi connectivity index (χ2v) is 5.23. The molecule has 0 bridgehead atoms. The number of ether oxygens (including phenoxy) is 3. The van der Waals surface area contributed by atoms with Crippen LogP contribution in [0.5, 0.6) is 17.2 Å². The average molecular weight is 357 g/mol. The number of rotatable bonds is 6. The summed E-state index contributed by atoms with van der Waals surface area (Å²) in [5.74, 6) is -1.10. The molecule has 0 saturated carbocycles. The highest BCUT2D eigenvalue weighted by molar-refractivity contribution is 6.09. The van der Waals surface area contributed by atoms with E-state index in [1.807, 2.05) is 6.92 Å². The van der Waals surface area contributed by atoms with E-state index >= 15 is 0 Å². The molecule has 0 aromatic heterocycles. The Morgan fingerprint density at radius 1 is 0.885 bits per heavy atom. The number of carbonyl (C=O) groups excluding carboxylic acids is 3. The zero-order valence-corrected chi connectivity index (χ0v) is 14.7. The van der Waals surface area contributed by atoms with E-state index in [-0.39, 0.29) is 17.1 Å². The van der Waals surface area contributed by atoms with Gasteiger partial charge >= 0.3 is 11.9 Å². The van der Waals surface area contributed by atoms with Gasteiger partial charge < -0.3 is 19.5 Å². The molecule has 0 atom stereocenters. The van der Waals surface area contributed by atoms with Crippen LogP contribution in [0.25, 0.3) is 0 Å². The van der Waals surface area contributed by atoms with Crippen molar-refractivity contribution >= 4 is 23.5 Å². The fourth-order valence-corrected chi connectivity index (χ4v) is 2.21. The first-order chi connectivity index (χ1) is 12.4. The first kappa shape index (κ1) is 19.0. The Bertz CT molecular complexity index is 779. The van der Waals surface area contributed by atoms with Crippen molar-refractivity contribution in [1.82, 2.24) is 0 Å². The molecule has 0 radical (unpaired) electrons. The van der Waals surface area contributed by atoms with Crippen LogP contribution in [-0.2, 0) is 9.59 Å². The molecule has 26 heavy (non-hydrogen) atoms. The number of hydrogen-bond acceptors (Lipinski definition) is 6. The molecule has 0 unspecified atom stereocenters. The number of esters is 2. The first-order valence-electron chi connectivity index (χ1n) is 7.94. The van der Waals surface area contributed by atoms with E-state index in [1.54, 1.807) is 24.3 Å². The molecule has 1 N–H and O–H groups in total. The molecule has 0 aliphatic rings. The molecule has 0 aliphatic heterocycles. The van der Waals surface area contributed by atoms with Gasteiger partial charge in [-0.2, -0.15) is 0 Å². The van der Waals surface area contributed by atoms with Crippen LogP contribution in [0.1, 0.15) is 31.1 Å². The Labute approximate surface area is 150 Å². The quantitative estimate of drug-likeness (QED) is 0.631. The molecule has 0 fully saturated rings. The van der Waals surface area contributed by atoms with Crippen molar-refractivity contribution in [3.63, 3.8) is 0 Å². The van der Waals surface area contributed by atoms with Gasteiger partial charge in [0.15, 0.2) is 0 Å². The van der Waals surface area contributed by atoms with Crippen molar-refractivity contribution in [3.8, 4) is 17.2 Å². The molecule has 2 aromatic carbocycles. The Kier molecular flexibility index (Phi) is 6.32. The summed E-state index contributed by atoms with van der Waals surface area (Å²) in [5.41, 5.74) is 0.455. The van der Waals surface area contributed by atoms with E-state index < -0.39 is 17.8 Å². The maximum atomic E-state index is 12.7. The molecule has 0 saturated heterocycles. The van der Waals surface area contributed by atoms with Gasteiger partial charge in [-0.05, 0) is 43.3 Å². The summed E-state index contributed by atoms with van der Waals surface area (Å²) in [6, 6.07) is 11.2. The maximum Gasteiger partial charge on any atom is 0.308 e. The van der Waals surface area contributed by atoms with Crippen LogP contribution in [0.15, 0.2) is 42.5 Å². The van der Waals surface area contributed by atoms with Gasteiger partial charge in [-0.15, -0.1) is 0 Å². The fourth-order valence-electron chi connectivity index (χ4n) is 2.21. The van der Waals surface area contributed by atoms with Gasteiger partial charge in [0.05, 0.1) is 6.61 Å². The Morgan fingerprint density at radius 2 is 1.42 bits per heavy atom. The first-order valence-corrected chi connectivity index (χ1v) is 7.94. The molecule has 0 aliphatic carbocycles. The minimum atomic E-state index is -0.597. The number of benzene rings is 2. The number of anilines is 1. The zero-order chi connectivity index (χ0) is 19.1. The van der Waals surface area contributed by atoms with Crippen LogP contribution in [0.4, 0.5) is 5.69 Å². The van der Waals surface area contributed by atoms with Gasteiger partial charge in [-0.3, -0.25) is 14.4 Å². The predicted octanol–water partition coefficient (Wildman–Crippen LogP) is 3.19. The van der Waals surface area contributed by atoms with Crippen molar-refractivity contribution in [2.75, 3.05) is 11.9 Å². The van der Waals surface area contributed by atoms with Crippen LogP contribution in [0.2, 0.25) is 0 Å². The zero-order valence-electron chi connectivity index (χ0n) is 14.7. The van der Waals surface area contributed by atoms with Crippen molar-refractivity contribution in [2.45, 2.75) is 20.8 Å². The van der Waals surface area contributed by atoms with Gasteiger partial charge in [-0.25, -0.2) is 0 Å². The fraction of sp³-hybridized carbons (Fsp3) is 0.211. The van der Waals surface area contributed by atoms with Crippen LogP contribution < -0.4 is 19.5 Å². The van der Waals surface area contributed by atoms with Gasteiger partial charge in [-0.1, -0.05) is 6.07 Å². The molecule has 2 aromatic rings. The molecule has 1 amide bonds. The van der Waals surface area contributed by atoms with Crippen LogP contribution >= 0.6 is 0 Å². The number of carbonyl (C=O) groups is 3. The lowest BCUT2D eigenvalue weighted by atomic mass is 10.1. The molecular formula is C19H19NO6. The van der Waals surface area contributed by atoms with E-state index in [0.717, 1.165) is 0 Å². The monoisotopic (exact) mass is 357 g/mol. The van der Waals surface area contributed by atoms with Crippen molar-refractivity contribution in [1.29, 1.82) is 0 Å². The van der Waals surface area contributed by atoms with E-state index in [4.69, 9.17) is 14.2 Å². The topological polar surface area (TPSA) is 90.9 Å². The summed E-state index contributed by atoms with van der Waals surface area (Å²) in [6.07, 6.45) is 0. The lowest BCUT2D eigenvalue weighted by Crippen LogP contribution is -2.17. The largest absolute Gasteiger partial charge is 0.494 e. The smallest absolute Gasteiger partial charge is 0.308 e. The standard InChI is InChI=1S/C19H19NO6/c1-4-24-15-10-8-14(9-11-15)20-19(23)18-16(25-12(2)21)6-5-7-17(18)26-13(3)22/h5-11H,4H2,1-3H3,(H,20,23). The third-order valence-corrected chi connectivity index (χ3v) is 3.15. The molecule has 0 heterocycles. The summed E-state index contributed by atoms with van der Waals surface area (Å²) in [6.45, 7) is 4.84. The highest BCUT2D eigenvalue weighted by Crippen LogP contribution is 2.30. The van der Waals surface area contributed by atoms with Crippen LogP contribution in [0, 0.1) is 0 Å². The van der Waals surface area contributed by atoms with E-state index in [2.05, 4.69) is 5.32 Å². The molecule has 136 valence electrons. The summed E-state index contributed by atoms with van der Waals surface area (Å²) in [4.78, 5) is 35.3. The number of hydrogen-bond donors (Lipinski definition) is 1. The summed E-state index contributed by atoms with van der Waals surface area (Å²) < 4.78 is 15.5. The summed E-state index contributed by atoms with van der Waals surface area (Å²) in [5, 5.41) is 2.68. The third kappa shape index (κ3) is 5.07. The third-order valence-electron chi connectivity index (χ3n) is 3.15. The lowest BCUT2D eigenvalue weighted by Gasteiger charge is -2.14. The van der Waals surface area contributed by atoms with Gasteiger partial charge in [0.25, 0.3) is 5.91 Å². The molecule has 7 heteroatoms. The summed E-state index contributed by atoms with van der Waals surface area (Å²) >= 11 is 0. The highest BCUT2D eigenvalue weighted by atomic mass is 16.5. The predicted molar refractivity (Wildman–Crippen MR) is 94.6 cm³/mol. The molecular weight excluding hydrogens is 338 g/mol. The second kappa shape index (κ2) is 8.66. The van der Waals surface area contributed by atoms with Crippen molar-refractivity contribution < 1.29 is 28.6 Å². The second-order valence-electron chi connectivity index (χ2n) is 5.23. The summed E-state index contributed by atoms with van der Waals surface area (Å²) in [7, 11) is 0. The lowest BCUT2D eigenvalue weighted by molar-refractivity contribution is -0.132. The van der Waals surface area contributed by atoms with Gasteiger partial charge in [0.1, 0.15) is 22.8 Å². The van der Waals surface area contributed by atoms with Gasteiger partial charge in [0, 0.05) is 19.5 Å². The van der Waals surface area contributed by atoms with E-state index in [1.165, 1.54) is 32.0 Å². The maximum absolute atomic E-state index is 12.7. The minimum Gasteiger partial charge on any atom is -0.494 e. The van der Waals surface area contributed by atoms with E-state index in [0.29, 0.717) is 18.0 Å².